The van der Waals surface area contributed by atoms with Crippen LogP contribution in [-0.4, -0.2) is 79.2 Å². The molecule has 0 aromatic rings. The molecule has 0 aromatic carbocycles. The molecule has 1 saturated heterocycles. The zero-order valence-electron chi connectivity index (χ0n) is 21.6. The summed E-state index contributed by atoms with van der Waals surface area (Å²) in [4.78, 5) is 35.9. The molecule has 0 aliphatic carbocycles. The fourth-order valence-corrected chi connectivity index (χ4v) is 4.67. The normalized spacial score (nSPS) is 24.4. The smallest absolute Gasteiger partial charge is 0.306 e. The lowest BCUT2D eigenvalue weighted by Crippen LogP contribution is -2.36. The first kappa shape index (κ1) is 32.0. The van der Waals surface area contributed by atoms with E-state index in [0.29, 0.717) is 42.7 Å². The Morgan fingerprint density at radius 3 is 2.68 bits per heavy atom. The number of aliphatic hydroxyl groups excluding tert-OH is 1. The fraction of sp³-hybridized carbons (Fsp3) is 0.640. The number of allylic oxidation sites excluding steroid dienone is 3. The molecule has 2 rings (SSSR count). The Bertz CT molecular complexity index is 1050. The van der Waals surface area contributed by atoms with E-state index in [9.17, 15) is 27.9 Å². The predicted octanol–water partition coefficient (Wildman–Crippen LogP) is 2.33. The molecule has 0 radical (unpaired) electrons. The summed E-state index contributed by atoms with van der Waals surface area (Å²) >= 11 is 6.36. The molecule has 1 amide bonds. The van der Waals surface area contributed by atoms with Crippen molar-refractivity contribution < 1.29 is 46.7 Å². The molecule has 0 saturated carbocycles. The summed E-state index contributed by atoms with van der Waals surface area (Å²) < 4.78 is 47.1. The second kappa shape index (κ2) is 15.4. The quantitative estimate of drug-likeness (QED) is 0.210. The third kappa shape index (κ3) is 12.5. The Labute approximate surface area is 228 Å². The van der Waals surface area contributed by atoms with Crippen molar-refractivity contribution >= 4 is 39.6 Å². The molecule has 2 bridgehead atoms. The summed E-state index contributed by atoms with van der Waals surface area (Å²) in [6.07, 6.45) is 4.35. The fourth-order valence-electron chi connectivity index (χ4n) is 4.11. The Balaban J connectivity index is 2.06. The zero-order chi connectivity index (χ0) is 28.3. The molecule has 2 aliphatic heterocycles. The first-order valence-electron chi connectivity index (χ1n) is 12.4. The highest BCUT2D eigenvalue weighted by Crippen LogP contribution is 2.31. The van der Waals surface area contributed by atoms with E-state index in [1.807, 2.05) is 12.2 Å². The maximum absolute atomic E-state index is 12.6. The number of amides is 1. The maximum atomic E-state index is 12.6. The molecule has 0 aromatic heterocycles. The van der Waals surface area contributed by atoms with Crippen LogP contribution >= 0.6 is 11.6 Å². The van der Waals surface area contributed by atoms with Crippen molar-refractivity contribution in [2.24, 2.45) is 0 Å². The third-order valence-electron chi connectivity index (χ3n) is 5.97. The van der Waals surface area contributed by atoms with Gasteiger partial charge in [-0.15, -0.1) is 0 Å². The van der Waals surface area contributed by atoms with Gasteiger partial charge in [0, 0.05) is 37.8 Å². The van der Waals surface area contributed by atoms with Crippen LogP contribution in [0.4, 0.5) is 0 Å². The second-order valence-corrected chi connectivity index (χ2v) is 11.4. The summed E-state index contributed by atoms with van der Waals surface area (Å²) in [5, 5.41) is 13.9. The molecular weight excluding hydrogens is 542 g/mol. The van der Waals surface area contributed by atoms with Crippen LogP contribution in [0.3, 0.4) is 0 Å². The Morgan fingerprint density at radius 2 is 2.00 bits per heavy atom. The third-order valence-corrected chi connectivity index (χ3v) is 7.03. The van der Waals surface area contributed by atoms with Crippen molar-refractivity contribution in [3.05, 3.63) is 34.4 Å². The van der Waals surface area contributed by atoms with Crippen molar-refractivity contribution in [3.63, 3.8) is 0 Å². The number of esters is 2. The van der Waals surface area contributed by atoms with Crippen LogP contribution in [0, 0.1) is 0 Å². The molecule has 11 nitrogen and oxygen atoms in total. The van der Waals surface area contributed by atoms with Crippen molar-refractivity contribution in [1.29, 1.82) is 0 Å². The van der Waals surface area contributed by atoms with E-state index in [1.54, 1.807) is 6.92 Å². The number of hydrogen-bond donors (Lipinski definition) is 3. The topological polar surface area (TPSA) is 166 Å². The molecule has 2 aliphatic rings. The number of hydrogen-bond acceptors (Lipinski definition) is 9. The van der Waals surface area contributed by atoms with Crippen LogP contribution in [-0.2, 0) is 38.7 Å². The van der Waals surface area contributed by atoms with Crippen LogP contribution in [0.1, 0.15) is 58.8 Å². The van der Waals surface area contributed by atoms with Crippen molar-refractivity contribution in [2.75, 3.05) is 18.9 Å². The second-order valence-electron chi connectivity index (χ2n) is 9.37. The highest BCUT2D eigenvalue weighted by molar-refractivity contribution is 7.85. The molecule has 4 atom stereocenters. The lowest BCUT2D eigenvalue weighted by molar-refractivity contribution is -0.154. The lowest BCUT2D eigenvalue weighted by Gasteiger charge is -2.23. The number of aliphatic hydroxyl groups is 1. The predicted molar refractivity (Wildman–Crippen MR) is 139 cm³/mol. The van der Waals surface area contributed by atoms with Gasteiger partial charge in [-0.2, -0.15) is 8.42 Å². The first-order chi connectivity index (χ1) is 17.8. The number of ether oxygens (including phenoxy) is 3. The van der Waals surface area contributed by atoms with Crippen LogP contribution < -0.4 is 5.32 Å². The van der Waals surface area contributed by atoms with Gasteiger partial charge in [0.2, 0.25) is 5.91 Å². The van der Waals surface area contributed by atoms with Crippen LogP contribution in [0.2, 0.25) is 0 Å². The van der Waals surface area contributed by atoms with E-state index in [-0.39, 0.29) is 32.1 Å². The summed E-state index contributed by atoms with van der Waals surface area (Å²) in [7, 11) is -4.19. The summed E-state index contributed by atoms with van der Waals surface area (Å²) in [6.45, 7) is 2.75. The molecule has 214 valence electrons. The van der Waals surface area contributed by atoms with Gasteiger partial charge in [-0.25, -0.2) is 0 Å². The van der Waals surface area contributed by atoms with E-state index in [1.165, 1.54) is 13.0 Å². The monoisotopic (exact) mass is 577 g/mol. The Hall–Kier alpha value is -2.25. The molecule has 1 fully saturated rings. The zero-order valence-corrected chi connectivity index (χ0v) is 23.1. The maximum Gasteiger partial charge on any atom is 0.306 e. The van der Waals surface area contributed by atoms with Crippen molar-refractivity contribution in [3.8, 4) is 0 Å². The van der Waals surface area contributed by atoms with Gasteiger partial charge in [-0.05, 0) is 38.2 Å². The Morgan fingerprint density at radius 1 is 1.26 bits per heavy atom. The van der Waals surface area contributed by atoms with E-state index in [4.69, 9.17) is 30.4 Å². The molecule has 0 spiro atoms. The van der Waals surface area contributed by atoms with E-state index < -0.39 is 52.0 Å². The molecule has 38 heavy (non-hydrogen) atoms. The number of carbonyl (C=O) groups excluding carboxylic acids is 3. The summed E-state index contributed by atoms with van der Waals surface area (Å²) in [6, 6.07) is 0. The number of fused-ring (bicyclic) bond motifs is 2. The molecule has 2 heterocycles. The largest absolute Gasteiger partial charge is 0.461 e. The number of rotatable bonds is 9. The van der Waals surface area contributed by atoms with Crippen LogP contribution in [0.15, 0.2) is 34.4 Å². The summed E-state index contributed by atoms with van der Waals surface area (Å²) in [5.41, 5.74) is 1.26. The summed E-state index contributed by atoms with van der Waals surface area (Å²) in [5.74, 6) is -1.98. The lowest BCUT2D eigenvalue weighted by atomic mass is 10.0. The minimum absolute atomic E-state index is 0.0487. The highest BCUT2D eigenvalue weighted by Gasteiger charge is 2.41. The highest BCUT2D eigenvalue weighted by atomic mass is 35.5. The molecule has 3 N–H and O–H groups in total. The average Bonchev–Trinajstić information content (AvgIpc) is 3.20. The van der Waals surface area contributed by atoms with Crippen molar-refractivity contribution in [2.45, 2.75) is 83.2 Å². The van der Waals surface area contributed by atoms with E-state index in [0.717, 1.165) is 5.57 Å². The SMILES string of the molecule is CC(=O)OCC1=CCC=C(Cl)CCC2CC(OC(=O)CC1)C(C(O)C=C(C)CC(=O)NCCS(=O)(=O)O)O2. The average molecular weight is 578 g/mol. The number of halogens is 1. The first-order valence-corrected chi connectivity index (χ1v) is 14.4. The van der Waals surface area contributed by atoms with E-state index in [2.05, 4.69) is 5.32 Å². The Kier molecular flexibility index (Phi) is 12.9. The van der Waals surface area contributed by atoms with Crippen molar-refractivity contribution in [1.82, 2.24) is 5.32 Å². The standard InChI is InChI=1S/C25H36ClNO10S/c1-16(13-23(30)27-10-11-38(32,33)34)12-21(29)25-22-14-20(36-25)8-7-19(26)5-3-4-18(15-35-17(2)28)6-9-24(31)37-22/h4-5,12,20-22,25,29H,3,6-11,13-15H2,1-2H3,(H,27,30)(H,32,33,34). The van der Waals surface area contributed by atoms with Gasteiger partial charge in [-0.3, -0.25) is 18.9 Å². The van der Waals surface area contributed by atoms with Gasteiger partial charge in [0.25, 0.3) is 10.1 Å². The minimum atomic E-state index is -4.19. The van der Waals surface area contributed by atoms with Gasteiger partial charge < -0.3 is 24.6 Å². The van der Waals surface area contributed by atoms with Gasteiger partial charge >= 0.3 is 11.9 Å². The van der Waals surface area contributed by atoms with Crippen LogP contribution in [0.5, 0.6) is 0 Å². The van der Waals surface area contributed by atoms with Gasteiger partial charge in [0.05, 0.1) is 11.9 Å². The van der Waals surface area contributed by atoms with Gasteiger partial charge in [0.15, 0.2) is 0 Å². The van der Waals surface area contributed by atoms with Gasteiger partial charge in [-0.1, -0.05) is 35.4 Å². The molecule has 13 heteroatoms. The van der Waals surface area contributed by atoms with E-state index >= 15 is 0 Å². The molecular formula is C25H36ClNO10S. The number of carbonyl (C=O) groups is 3. The van der Waals surface area contributed by atoms with Gasteiger partial charge in [0.1, 0.15) is 24.9 Å². The minimum Gasteiger partial charge on any atom is -0.461 e. The van der Waals surface area contributed by atoms with Crippen LogP contribution in [0.25, 0.3) is 0 Å². The molecule has 4 unspecified atom stereocenters. The number of nitrogens with one attached hydrogen (secondary N) is 1.